The van der Waals surface area contributed by atoms with Gasteiger partial charge in [-0.25, -0.2) is 8.42 Å². The fourth-order valence-electron chi connectivity index (χ4n) is 2.37. The Bertz CT molecular complexity index is 747. The molecule has 5 heteroatoms. The number of hydrogen-bond donors (Lipinski definition) is 0. The van der Waals surface area contributed by atoms with E-state index in [2.05, 4.69) is 0 Å². The van der Waals surface area contributed by atoms with Gasteiger partial charge in [0.05, 0.1) is 5.75 Å². The maximum atomic E-state index is 12.4. The number of sulfone groups is 1. The second-order valence-electron chi connectivity index (χ2n) is 5.32. The molecule has 0 saturated carbocycles. The van der Waals surface area contributed by atoms with Gasteiger partial charge in [0, 0.05) is 11.6 Å². The molecule has 0 aliphatic rings. The lowest BCUT2D eigenvalue weighted by Crippen LogP contribution is -2.35. The van der Waals surface area contributed by atoms with Gasteiger partial charge in [-0.3, -0.25) is 0 Å². The molecule has 0 bridgehead atoms. The molecule has 0 aliphatic carbocycles. The normalized spacial score (nSPS) is 11.6. The molecule has 0 amide bonds. The van der Waals surface area contributed by atoms with Gasteiger partial charge in [0.15, 0.2) is 6.20 Å². The summed E-state index contributed by atoms with van der Waals surface area (Å²) in [4.78, 5) is 0. The molecular formula is C16H19NO3S. The zero-order chi connectivity index (χ0) is 15.6. The van der Waals surface area contributed by atoms with Crippen LogP contribution in [0.2, 0.25) is 0 Å². The molecule has 0 unspecified atom stereocenters. The molecular weight excluding hydrogens is 286 g/mol. The standard InChI is InChI=1S/C16H19NO3S/c1-12-6-7-13(2)15(11-12)8-10-21(19,20)16-14(3)5-4-9-17(16)18/h4-7,9,11H,8,10H2,1-3H3. The fourth-order valence-corrected chi connectivity index (χ4v) is 3.95. The van der Waals surface area contributed by atoms with Crippen LogP contribution in [0, 0.1) is 26.0 Å². The number of pyridine rings is 1. The van der Waals surface area contributed by atoms with Gasteiger partial charge in [-0.05, 0) is 44.4 Å². The first-order valence-electron chi connectivity index (χ1n) is 6.79. The molecule has 0 atom stereocenters. The zero-order valence-corrected chi connectivity index (χ0v) is 13.3. The Balaban J connectivity index is 2.28. The molecule has 1 aromatic carbocycles. The molecule has 1 heterocycles. The van der Waals surface area contributed by atoms with E-state index < -0.39 is 9.84 Å². The third-order valence-corrected chi connectivity index (χ3v) is 5.38. The van der Waals surface area contributed by atoms with Gasteiger partial charge in [-0.2, -0.15) is 4.73 Å². The Morgan fingerprint density at radius 3 is 2.48 bits per heavy atom. The summed E-state index contributed by atoms with van der Waals surface area (Å²) in [6, 6.07) is 9.16. The SMILES string of the molecule is Cc1ccc(C)c(CCS(=O)(=O)c2c(C)ccc[n+]2[O-])c1. The average molecular weight is 305 g/mol. The van der Waals surface area contributed by atoms with Gasteiger partial charge in [-0.1, -0.05) is 23.8 Å². The second-order valence-corrected chi connectivity index (χ2v) is 7.35. The Labute approximate surface area is 125 Å². The lowest BCUT2D eigenvalue weighted by Gasteiger charge is -2.09. The lowest BCUT2D eigenvalue weighted by atomic mass is 10.0. The summed E-state index contributed by atoms with van der Waals surface area (Å²) in [7, 11) is -3.60. The van der Waals surface area contributed by atoms with E-state index in [1.165, 1.54) is 6.20 Å². The Morgan fingerprint density at radius 2 is 1.81 bits per heavy atom. The van der Waals surface area contributed by atoms with E-state index in [0.717, 1.165) is 16.7 Å². The number of aryl methyl sites for hydroxylation is 4. The highest BCUT2D eigenvalue weighted by atomic mass is 32.2. The quantitative estimate of drug-likeness (QED) is 0.643. The first kappa shape index (κ1) is 15.5. The minimum atomic E-state index is -3.60. The van der Waals surface area contributed by atoms with Crippen molar-refractivity contribution in [3.05, 3.63) is 64.0 Å². The highest BCUT2D eigenvalue weighted by Crippen LogP contribution is 2.16. The van der Waals surface area contributed by atoms with Gasteiger partial charge < -0.3 is 5.21 Å². The van der Waals surface area contributed by atoms with Crippen LogP contribution in [-0.4, -0.2) is 14.2 Å². The minimum Gasteiger partial charge on any atom is -0.618 e. The largest absolute Gasteiger partial charge is 0.618 e. The van der Waals surface area contributed by atoms with Crippen molar-refractivity contribution in [1.29, 1.82) is 0 Å². The predicted molar refractivity (Wildman–Crippen MR) is 81.8 cm³/mol. The fraction of sp³-hybridized carbons (Fsp3) is 0.312. The summed E-state index contributed by atoms with van der Waals surface area (Å²) in [5, 5.41) is 11.6. The van der Waals surface area contributed by atoms with Crippen molar-refractivity contribution >= 4 is 9.84 Å². The number of hydrogen-bond acceptors (Lipinski definition) is 3. The molecule has 1 aromatic heterocycles. The third-order valence-electron chi connectivity index (χ3n) is 3.54. The minimum absolute atomic E-state index is 0.0651. The summed E-state index contributed by atoms with van der Waals surface area (Å²) < 4.78 is 25.3. The van der Waals surface area contributed by atoms with Crippen LogP contribution in [0.4, 0.5) is 0 Å². The van der Waals surface area contributed by atoms with Crippen LogP contribution in [0.5, 0.6) is 0 Å². The van der Waals surface area contributed by atoms with Crippen LogP contribution < -0.4 is 4.73 Å². The maximum absolute atomic E-state index is 12.4. The van der Waals surface area contributed by atoms with Gasteiger partial charge >= 0.3 is 5.03 Å². The molecule has 0 spiro atoms. The predicted octanol–water partition coefficient (Wildman–Crippen LogP) is 2.26. The van der Waals surface area contributed by atoms with Crippen molar-refractivity contribution in [2.75, 3.05) is 5.75 Å². The van der Waals surface area contributed by atoms with Crippen LogP contribution in [0.15, 0.2) is 41.6 Å². The van der Waals surface area contributed by atoms with Crippen LogP contribution in [-0.2, 0) is 16.3 Å². The molecule has 0 saturated heterocycles. The summed E-state index contributed by atoms with van der Waals surface area (Å²) in [5.41, 5.74) is 3.65. The third kappa shape index (κ3) is 3.42. The maximum Gasteiger partial charge on any atom is 0.311 e. The van der Waals surface area contributed by atoms with E-state index >= 15 is 0 Å². The molecule has 2 rings (SSSR count). The zero-order valence-electron chi connectivity index (χ0n) is 12.5. The topological polar surface area (TPSA) is 61.1 Å². The number of rotatable bonds is 4. The molecule has 21 heavy (non-hydrogen) atoms. The Hall–Kier alpha value is -1.88. The number of nitrogens with zero attached hydrogens (tertiary/aromatic N) is 1. The van der Waals surface area contributed by atoms with Crippen LogP contribution in [0.1, 0.15) is 22.3 Å². The van der Waals surface area contributed by atoms with Crippen LogP contribution in [0.25, 0.3) is 0 Å². The van der Waals surface area contributed by atoms with Crippen LogP contribution in [0.3, 0.4) is 0 Å². The molecule has 4 nitrogen and oxygen atoms in total. The Kier molecular flexibility index (Phi) is 4.32. The molecule has 0 N–H and O–H groups in total. The molecule has 0 radical (unpaired) electrons. The van der Waals surface area contributed by atoms with E-state index in [0.29, 0.717) is 16.7 Å². The Morgan fingerprint density at radius 1 is 1.10 bits per heavy atom. The van der Waals surface area contributed by atoms with Gasteiger partial charge in [0.25, 0.3) is 0 Å². The van der Waals surface area contributed by atoms with Gasteiger partial charge in [0.1, 0.15) is 0 Å². The molecule has 2 aromatic rings. The number of aromatic nitrogens is 1. The summed E-state index contributed by atoms with van der Waals surface area (Å²) in [6.07, 6.45) is 1.63. The average Bonchev–Trinajstić information content (AvgIpc) is 2.39. The van der Waals surface area contributed by atoms with E-state index in [4.69, 9.17) is 0 Å². The summed E-state index contributed by atoms with van der Waals surface area (Å²) in [6.45, 7) is 5.58. The van der Waals surface area contributed by atoms with Crippen molar-refractivity contribution < 1.29 is 13.1 Å². The molecule has 0 fully saturated rings. The first-order chi connectivity index (χ1) is 9.81. The summed E-state index contributed by atoms with van der Waals surface area (Å²) >= 11 is 0. The van der Waals surface area contributed by atoms with Crippen molar-refractivity contribution in [2.45, 2.75) is 32.2 Å². The van der Waals surface area contributed by atoms with Crippen molar-refractivity contribution in [3.63, 3.8) is 0 Å². The van der Waals surface area contributed by atoms with E-state index in [9.17, 15) is 13.6 Å². The van der Waals surface area contributed by atoms with Gasteiger partial charge in [0.2, 0.25) is 9.84 Å². The van der Waals surface area contributed by atoms with E-state index in [1.807, 2.05) is 32.0 Å². The van der Waals surface area contributed by atoms with Crippen molar-refractivity contribution in [3.8, 4) is 0 Å². The van der Waals surface area contributed by atoms with Crippen LogP contribution >= 0.6 is 0 Å². The molecule has 0 aliphatic heterocycles. The highest BCUT2D eigenvalue weighted by molar-refractivity contribution is 7.91. The molecule has 112 valence electrons. The van der Waals surface area contributed by atoms with Crippen molar-refractivity contribution in [2.24, 2.45) is 0 Å². The smallest absolute Gasteiger partial charge is 0.311 e. The summed E-state index contributed by atoms with van der Waals surface area (Å²) in [5.74, 6) is -0.0651. The second kappa shape index (κ2) is 5.85. The highest BCUT2D eigenvalue weighted by Gasteiger charge is 2.26. The van der Waals surface area contributed by atoms with E-state index in [-0.39, 0.29) is 10.8 Å². The van der Waals surface area contributed by atoms with Crippen molar-refractivity contribution in [1.82, 2.24) is 0 Å². The number of benzene rings is 1. The monoisotopic (exact) mass is 305 g/mol. The van der Waals surface area contributed by atoms with Gasteiger partial charge in [-0.15, -0.1) is 0 Å². The lowest BCUT2D eigenvalue weighted by molar-refractivity contribution is -0.647. The van der Waals surface area contributed by atoms with E-state index in [1.54, 1.807) is 19.1 Å². The first-order valence-corrected chi connectivity index (χ1v) is 8.44.